The Balaban J connectivity index is 1.93. The van der Waals surface area contributed by atoms with E-state index in [0.29, 0.717) is 5.75 Å². The molecule has 108 valence electrons. The summed E-state index contributed by atoms with van der Waals surface area (Å²) in [5, 5.41) is 12.5. The van der Waals surface area contributed by atoms with Crippen molar-refractivity contribution < 1.29 is 9.90 Å². The van der Waals surface area contributed by atoms with Gasteiger partial charge in [0.15, 0.2) is 0 Å². The second-order valence-corrected chi connectivity index (χ2v) is 6.28. The molecular formula is C17H17NO2S. The van der Waals surface area contributed by atoms with E-state index < -0.39 is 12.0 Å². The normalized spacial score (nSPS) is 21.6. The van der Waals surface area contributed by atoms with Gasteiger partial charge in [0.05, 0.1) is 5.37 Å². The molecule has 3 rings (SSSR count). The third-order valence-electron chi connectivity index (χ3n) is 3.73. The van der Waals surface area contributed by atoms with Crippen molar-refractivity contribution in [2.45, 2.75) is 17.3 Å². The number of rotatable bonds is 4. The predicted octanol–water partition coefficient (Wildman–Crippen LogP) is 2.93. The smallest absolute Gasteiger partial charge is 0.321 e. The third kappa shape index (κ3) is 3.12. The first-order chi connectivity index (χ1) is 10.3. The van der Waals surface area contributed by atoms with Crippen LogP contribution in [0, 0.1) is 0 Å². The molecule has 0 aromatic heterocycles. The molecule has 0 radical (unpaired) electrons. The van der Waals surface area contributed by atoms with Gasteiger partial charge >= 0.3 is 5.97 Å². The zero-order valence-corrected chi connectivity index (χ0v) is 12.3. The number of thioether (sulfide) groups is 1. The molecule has 2 N–H and O–H groups in total. The summed E-state index contributed by atoms with van der Waals surface area (Å²) < 4.78 is 0. The first kappa shape index (κ1) is 14.2. The van der Waals surface area contributed by atoms with Gasteiger partial charge in [0.2, 0.25) is 0 Å². The minimum Gasteiger partial charge on any atom is -0.480 e. The molecule has 2 aromatic rings. The van der Waals surface area contributed by atoms with Crippen molar-refractivity contribution in [2.75, 3.05) is 5.75 Å². The molecule has 1 aliphatic heterocycles. The lowest BCUT2D eigenvalue weighted by molar-refractivity contribution is -0.138. The monoisotopic (exact) mass is 299 g/mol. The number of carboxylic acids is 1. The van der Waals surface area contributed by atoms with Crippen LogP contribution in [0.15, 0.2) is 60.7 Å². The number of hydrogen-bond acceptors (Lipinski definition) is 3. The Bertz CT molecular complexity index is 563. The van der Waals surface area contributed by atoms with Crippen LogP contribution in [0.2, 0.25) is 0 Å². The number of hydrogen-bond donors (Lipinski definition) is 2. The van der Waals surface area contributed by atoms with Crippen LogP contribution < -0.4 is 5.32 Å². The van der Waals surface area contributed by atoms with Crippen LogP contribution in [0.5, 0.6) is 0 Å². The highest BCUT2D eigenvalue weighted by atomic mass is 32.2. The summed E-state index contributed by atoms with van der Waals surface area (Å²) in [6.07, 6.45) is 0. The summed E-state index contributed by atoms with van der Waals surface area (Å²) in [5.41, 5.74) is 2.42. The average molecular weight is 299 g/mol. The second-order valence-electron chi connectivity index (χ2n) is 5.11. The van der Waals surface area contributed by atoms with Gasteiger partial charge in [-0.25, -0.2) is 0 Å². The van der Waals surface area contributed by atoms with E-state index in [1.165, 1.54) is 11.1 Å². The van der Waals surface area contributed by atoms with E-state index >= 15 is 0 Å². The fourth-order valence-electron chi connectivity index (χ4n) is 2.69. The van der Waals surface area contributed by atoms with Gasteiger partial charge in [-0.15, -0.1) is 11.8 Å². The van der Waals surface area contributed by atoms with Gasteiger partial charge in [0.1, 0.15) is 6.04 Å². The minimum atomic E-state index is -0.773. The van der Waals surface area contributed by atoms with Crippen molar-refractivity contribution in [3.05, 3.63) is 71.8 Å². The molecule has 2 aromatic carbocycles. The number of carbonyl (C=O) groups is 1. The third-order valence-corrected chi connectivity index (χ3v) is 5.02. The van der Waals surface area contributed by atoms with Crippen molar-refractivity contribution >= 4 is 17.7 Å². The molecule has 1 aliphatic rings. The van der Waals surface area contributed by atoms with Crippen molar-refractivity contribution in [3.63, 3.8) is 0 Å². The zero-order chi connectivity index (χ0) is 14.7. The molecule has 2 atom stereocenters. The van der Waals surface area contributed by atoms with E-state index in [-0.39, 0.29) is 11.3 Å². The fourth-order valence-corrected chi connectivity index (χ4v) is 4.10. The Morgan fingerprint density at radius 1 is 1.05 bits per heavy atom. The van der Waals surface area contributed by atoms with E-state index in [4.69, 9.17) is 0 Å². The quantitative estimate of drug-likeness (QED) is 0.911. The molecule has 1 saturated heterocycles. The number of carboxylic acid groups (broad SMARTS) is 1. The lowest BCUT2D eigenvalue weighted by Crippen LogP contribution is -2.39. The van der Waals surface area contributed by atoms with Crippen LogP contribution in [-0.2, 0) is 4.79 Å². The predicted molar refractivity (Wildman–Crippen MR) is 85.5 cm³/mol. The van der Waals surface area contributed by atoms with Crippen LogP contribution >= 0.6 is 11.8 Å². The standard InChI is InChI=1S/C17H17NO2S/c19-17(20)14-11-21-16(18-14)15(12-7-3-1-4-8-12)13-9-5-2-6-10-13/h1-10,14-16,18H,11H2,(H,19,20)/t14-,16?/m0/s1. The Labute approximate surface area is 128 Å². The lowest BCUT2D eigenvalue weighted by Gasteiger charge is -2.24. The number of nitrogens with one attached hydrogen (secondary N) is 1. The molecule has 0 aliphatic carbocycles. The van der Waals surface area contributed by atoms with Gasteiger partial charge in [-0.3, -0.25) is 10.1 Å². The largest absolute Gasteiger partial charge is 0.480 e. The van der Waals surface area contributed by atoms with E-state index in [1.807, 2.05) is 36.4 Å². The molecule has 0 bridgehead atoms. The molecule has 0 amide bonds. The van der Waals surface area contributed by atoms with Crippen molar-refractivity contribution in [3.8, 4) is 0 Å². The summed E-state index contributed by atoms with van der Waals surface area (Å²) in [4.78, 5) is 11.2. The van der Waals surface area contributed by atoms with Gasteiger partial charge in [0.25, 0.3) is 0 Å². The Hall–Kier alpha value is -1.78. The molecule has 1 unspecified atom stereocenters. The fraction of sp³-hybridized carbons (Fsp3) is 0.235. The highest BCUT2D eigenvalue weighted by Gasteiger charge is 2.35. The van der Waals surface area contributed by atoms with E-state index in [2.05, 4.69) is 29.6 Å². The molecule has 0 saturated carbocycles. The van der Waals surface area contributed by atoms with Gasteiger partial charge in [-0.2, -0.15) is 0 Å². The van der Waals surface area contributed by atoms with Crippen LogP contribution in [0.4, 0.5) is 0 Å². The van der Waals surface area contributed by atoms with Crippen molar-refractivity contribution in [1.29, 1.82) is 0 Å². The average Bonchev–Trinajstić information content (AvgIpc) is 3.00. The molecule has 3 nitrogen and oxygen atoms in total. The Kier molecular flexibility index (Phi) is 4.27. The Morgan fingerprint density at radius 2 is 1.57 bits per heavy atom. The lowest BCUT2D eigenvalue weighted by atomic mass is 9.91. The first-order valence-electron chi connectivity index (χ1n) is 6.96. The van der Waals surface area contributed by atoms with Crippen LogP contribution in [-0.4, -0.2) is 28.2 Å². The minimum absolute atomic E-state index is 0.0795. The maximum absolute atomic E-state index is 11.2. The highest BCUT2D eigenvalue weighted by molar-refractivity contribution is 8.00. The summed E-state index contributed by atoms with van der Waals surface area (Å²) in [7, 11) is 0. The molecule has 0 spiro atoms. The molecule has 1 fully saturated rings. The van der Waals surface area contributed by atoms with Gasteiger partial charge < -0.3 is 5.11 Å². The second kappa shape index (κ2) is 6.33. The molecular weight excluding hydrogens is 282 g/mol. The van der Waals surface area contributed by atoms with E-state index in [0.717, 1.165) is 0 Å². The summed E-state index contributed by atoms with van der Waals surface area (Å²) in [6, 6.07) is 20.1. The van der Waals surface area contributed by atoms with E-state index in [9.17, 15) is 9.90 Å². The van der Waals surface area contributed by atoms with Crippen molar-refractivity contribution in [1.82, 2.24) is 5.32 Å². The molecule has 1 heterocycles. The Morgan fingerprint density at radius 3 is 2.00 bits per heavy atom. The summed E-state index contributed by atoms with van der Waals surface area (Å²) in [6.45, 7) is 0. The van der Waals surface area contributed by atoms with Crippen LogP contribution in [0.25, 0.3) is 0 Å². The first-order valence-corrected chi connectivity index (χ1v) is 8.01. The maximum Gasteiger partial charge on any atom is 0.321 e. The SMILES string of the molecule is O=C(O)[C@@H]1CSC(C(c2ccccc2)c2ccccc2)N1. The van der Waals surface area contributed by atoms with Gasteiger partial charge in [-0.05, 0) is 11.1 Å². The van der Waals surface area contributed by atoms with Crippen molar-refractivity contribution in [2.24, 2.45) is 0 Å². The van der Waals surface area contributed by atoms with Crippen LogP contribution in [0.1, 0.15) is 17.0 Å². The number of benzene rings is 2. The summed E-state index contributed by atoms with van der Waals surface area (Å²) >= 11 is 1.68. The number of aliphatic carboxylic acids is 1. The van der Waals surface area contributed by atoms with Gasteiger partial charge in [-0.1, -0.05) is 60.7 Å². The highest BCUT2D eigenvalue weighted by Crippen LogP contribution is 2.36. The topological polar surface area (TPSA) is 49.3 Å². The molecule has 21 heavy (non-hydrogen) atoms. The molecule has 4 heteroatoms. The summed E-state index contributed by atoms with van der Waals surface area (Å²) in [5.74, 6) is -0.0116. The van der Waals surface area contributed by atoms with Crippen LogP contribution in [0.3, 0.4) is 0 Å². The zero-order valence-electron chi connectivity index (χ0n) is 11.5. The van der Waals surface area contributed by atoms with Gasteiger partial charge in [0, 0.05) is 11.7 Å². The van der Waals surface area contributed by atoms with E-state index in [1.54, 1.807) is 11.8 Å². The maximum atomic E-state index is 11.2.